The first-order valence-corrected chi connectivity index (χ1v) is 6.26. The zero-order valence-electron chi connectivity index (χ0n) is 11.2. The quantitative estimate of drug-likeness (QED) is 0.651. The van der Waals surface area contributed by atoms with Gasteiger partial charge in [0.05, 0.1) is 6.54 Å². The molecule has 0 bridgehead atoms. The van der Waals surface area contributed by atoms with Crippen molar-refractivity contribution in [3.05, 3.63) is 59.2 Å². The van der Waals surface area contributed by atoms with Crippen molar-refractivity contribution in [3.8, 4) is 0 Å². The summed E-state index contributed by atoms with van der Waals surface area (Å²) < 4.78 is 0. The molecule has 0 aliphatic carbocycles. The molecule has 0 aromatic heterocycles. The number of benzene rings is 2. The number of nitrogens with two attached hydrogens (primary N) is 1. The number of aryl methyl sites for hydroxylation is 2. The van der Waals surface area contributed by atoms with Crippen molar-refractivity contribution in [3.63, 3.8) is 0 Å². The fourth-order valence-electron chi connectivity index (χ4n) is 2.00. The van der Waals surface area contributed by atoms with Gasteiger partial charge < -0.3 is 11.1 Å². The van der Waals surface area contributed by atoms with Gasteiger partial charge in [0, 0.05) is 16.9 Å². The molecule has 3 nitrogen and oxygen atoms in total. The molecular weight excluding hydrogens is 236 g/mol. The fourth-order valence-corrected chi connectivity index (χ4v) is 2.00. The SMILES string of the molecule is Cc1ccc(NCC(=O)c2cccc(N)c2)c(C)c1. The van der Waals surface area contributed by atoms with E-state index >= 15 is 0 Å². The van der Waals surface area contributed by atoms with Crippen molar-refractivity contribution in [2.75, 3.05) is 17.6 Å². The van der Waals surface area contributed by atoms with Crippen LogP contribution in [0.4, 0.5) is 11.4 Å². The number of anilines is 2. The molecule has 3 heteroatoms. The Morgan fingerprint density at radius 3 is 2.63 bits per heavy atom. The van der Waals surface area contributed by atoms with Crippen molar-refractivity contribution in [2.45, 2.75) is 13.8 Å². The summed E-state index contributed by atoms with van der Waals surface area (Å²) >= 11 is 0. The number of hydrogen-bond acceptors (Lipinski definition) is 3. The van der Waals surface area contributed by atoms with Gasteiger partial charge in [-0.05, 0) is 37.6 Å². The third-order valence-electron chi connectivity index (χ3n) is 3.03. The smallest absolute Gasteiger partial charge is 0.181 e. The molecule has 3 N–H and O–H groups in total. The van der Waals surface area contributed by atoms with Crippen LogP contribution in [0.1, 0.15) is 21.5 Å². The Hall–Kier alpha value is -2.29. The summed E-state index contributed by atoms with van der Waals surface area (Å²) in [5.41, 5.74) is 10.3. The molecule has 2 aromatic carbocycles. The third-order valence-corrected chi connectivity index (χ3v) is 3.03. The maximum Gasteiger partial charge on any atom is 0.181 e. The average molecular weight is 254 g/mol. The Labute approximate surface area is 113 Å². The minimum absolute atomic E-state index is 0.0345. The lowest BCUT2D eigenvalue weighted by atomic mass is 10.1. The van der Waals surface area contributed by atoms with Crippen LogP contribution >= 0.6 is 0 Å². The van der Waals surface area contributed by atoms with Crippen molar-refractivity contribution >= 4 is 17.2 Å². The number of nitrogens with one attached hydrogen (secondary N) is 1. The Kier molecular flexibility index (Phi) is 3.85. The summed E-state index contributed by atoms with van der Waals surface area (Å²) in [7, 11) is 0. The van der Waals surface area contributed by atoms with Gasteiger partial charge in [-0.15, -0.1) is 0 Å². The predicted molar refractivity (Wildman–Crippen MR) is 79.6 cm³/mol. The third kappa shape index (κ3) is 3.35. The molecule has 2 rings (SSSR count). The molecule has 98 valence electrons. The zero-order chi connectivity index (χ0) is 13.8. The van der Waals surface area contributed by atoms with E-state index < -0.39 is 0 Å². The van der Waals surface area contributed by atoms with E-state index in [4.69, 9.17) is 5.73 Å². The monoisotopic (exact) mass is 254 g/mol. The van der Waals surface area contributed by atoms with E-state index in [0.717, 1.165) is 11.3 Å². The highest BCUT2D eigenvalue weighted by molar-refractivity contribution is 5.99. The molecule has 0 heterocycles. The van der Waals surface area contributed by atoms with Crippen molar-refractivity contribution in [1.82, 2.24) is 0 Å². The van der Waals surface area contributed by atoms with E-state index in [-0.39, 0.29) is 12.3 Å². The van der Waals surface area contributed by atoms with E-state index in [9.17, 15) is 4.79 Å². The van der Waals surface area contributed by atoms with Crippen LogP contribution in [0.25, 0.3) is 0 Å². The maximum atomic E-state index is 12.0. The van der Waals surface area contributed by atoms with Gasteiger partial charge in [0.2, 0.25) is 0 Å². The maximum absolute atomic E-state index is 12.0. The first kappa shape index (κ1) is 13.1. The average Bonchev–Trinajstić information content (AvgIpc) is 2.37. The first-order chi connectivity index (χ1) is 9.06. The first-order valence-electron chi connectivity index (χ1n) is 6.26. The van der Waals surface area contributed by atoms with E-state index in [1.807, 2.05) is 19.1 Å². The van der Waals surface area contributed by atoms with Crippen LogP contribution in [0.15, 0.2) is 42.5 Å². The standard InChI is InChI=1S/C16H18N2O/c1-11-6-7-15(12(2)8-11)18-10-16(19)13-4-3-5-14(17)9-13/h3-9,18H,10,17H2,1-2H3. The lowest BCUT2D eigenvalue weighted by molar-refractivity contribution is 0.101. The Bertz CT molecular complexity index is 605. The van der Waals surface area contributed by atoms with Gasteiger partial charge >= 0.3 is 0 Å². The highest BCUT2D eigenvalue weighted by atomic mass is 16.1. The van der Waals surface area contributed by atoms with Gasteiger partial charge in [-0.3, -0.25) is 4.79 Å². The van der Waals surface area contributed by atoms with Gasteiger partial charge in [-0.2, -0.15) is 0 Å². The second kappa shape index (κ2) is 5.57. The van der Waals surface area contributed by atoms with Gasteiger partial charge in [-0.1, -0.05) is 29.8 Å². The number of ketones is 1. The minimum atomic E-state index is 0.0345. The van der Waals surface area contributed by atoms with Crippen LogP contribution in [-0.2, 0) is 0 Å². The molecule has 0 amide bonds. The summed E-state index contributed by atoms with van der Waals surface area (Å²) in [4.78, 5) is 12.0. The van der Waals surface area contributed by atoms with Crippen LogP contribution in [-0.4, -0.2) is 12.3 Å². The molecule has 0 atom stereocenters. The molecule has 0 saturated carbocycles. The van der Waals surface area contributed by atoms with Gasteiger partial charge in [0.15, 0.2) is 5.78 Å². The van der Waals surface area contributed by atoms with E-state index in [1.54, 1.807) is 24.3 Å². The zero-order valence-corrected chi connectivity index (χ0v) is 11.2. The molecular formula is C16H18N2O. The molecule has 0 aliphatic heterocycles. The van der Waals surface area contributed by atoms with Crippen LogP contribution < -0.4 is 11.1 Å². The van der Waals surface area contributed by atoms with Gasteiger partial charge in [0.1, 0.15) is 0 Å². The predicted octanol–water partition coefficient (Wildman–Crippen LogP) is 3.18. The summed E-state index contributed by atoms with van der Waals surface area (Å²) in [6.45, 7) is 4.35. The van der Waals surface area contributed by atoms with E-state index in [0.29, 0.717) is 11.3 Å². The van der Waals surface area contributed by atoms with Gasteiger partial charge in [0.25, 0.3) is 0 Å². The number of nitrogen functional groups attached to an aromatic ring is 1. The van der Waals surface area contributed by atoms with Crippen LogP contribution in [0, 0.1) is 13.8 Å². The number of carbonyl (C=O) groups excluding carboxylic acids is 1. The minimum Gasteiger partial charge on any atom is -0.399 e. The Morgan fingerprint density at radius 1 is 1.16 bits per heavy atom. The number of Topliss-reactive ketones (excluding diaryl/α,β-unsaturated/α-hetero) is 1. The second-order valence-corrected chi connectivity index (χ2v) is 4.72. The fraction of sp³-hybridized carbons (Fsp3) is 0.188. The molecule has 0 unspecified atom stereocenters. The van der Waals surface area contributed by atoms with Crippen LogP contribution in [0.3, 0.4) is 0 Å². The lowest BCUT2D eigenvalue weighted by Crippen LogP contribution is -2.14. The lowest BCUT2D eigenvalue weighted by Gasteiger charge is -2.10. The molecule has 19 heavy (non-hydrogen) atoms. The Morgan fingerprint density at radius 2 is 1.95 bits per heavy atom. The van der Waals surface area contributed by atoms with Crippen molar-refractivity contribution < 1.29 is 4.79 Å². The summed E-state index contributed by atoms with van der Waals surface area (Å²) in [5.74, 6) is 0.0345. The van der Waals surface area contributed by atoms with E-state index in [2.05, 4.69) is 18.3 Å². The normalized spacial score (nSPS) is 10.2. The highest BCUT2D eigenvalue weighted by Gasteiger charge is 2.06. The molecule has 0 aliphatic rings. The topological polar surface area (TPSA) is 55.1 Å². The summed E-state index contributed by atoms with van der Waals surface area (Å²) in [5, 5.41) is 3.17. The number of rotatable bonds is 4. The molecule has 0 spiro atoms. The molecule has 0 fully saturated rings. The molecule has 2 aromatic rings. The van der Waals surface area contributed by atoms with Crippen LogP contribution in [0.5, 0.6) is 0 Å². The van der Waals surface area contributed by atoms with Crippen molar-refractivity contribution in [1.29, 1.82) is 0 Å². The summed E-state index contributed by atoms with van der Waals surface area (Å²) in [6.07, 6.45) is 0. The highest BCUT2D eigenvalue weighted by Crippen LogP contribution is 2.16. The van der Waals surface area contributed by atoms with E-state index in [1.165, 1.54) is 5.56 Å². The Balaban J connectivity index is 2.04. The second-order valence-electron chi connectivity index (χ2n) is 4.72. The number of carbonyl (C=O) groups is 1. The number of hydrogen-bond donors (Lipinski definition) is 2. The van der Waals surface area contributed by atoms with Crippen molar-refractivity contribution in [2.24, 2.45) is 0 Å². The largest absolute Gasteiger partial charge is 0.399 e. The summed E-state index contributed by atoms with van der Waals surface area (Å²) in [6, 6.07) is 13.2. The van der Waals surface area contributed by atoms with Crippen LogP contribution in [0.2, 0.25) is 0 Å². The molecule has 0 saturated heterocycles. The van der Waals surface area contributed by atoms with Gasteiger partial charge in [-0.25, -0.2) is 0 Å². The molecule has 0 radical (unpaired) electrons.